The number of benzene rings is 3. The van der Waals surface area contributed by atoms with Crippen molar-refractivity contribution >= 4 is 30.1 Å². The first kappa shape index (κ1) is 33.1. The summed E-state index contributed by atoms with van der Waals surface area (Å²) in [6.45, 7) is 5.55. The van der Waals surface area contributed by atoms with Crippen molar-refractivity contribution in [2.75, 3.05) is 13.7 Å². The van der Waals surface area contributed by atoms with Crippen LogP contribution in [0.3, 0.4) is 0 Å². The Kier molecular flexibility index (Phi) is 12.6. The van der Waals surface area contributed by atoms with Crippen molar-refractivity contribution in [2.45, 2.75) is 45.6 Å². The maximum Gasteiger partial charge on any atom is 0.266 e. The van der Waals surface area contributed by atoms with Crippen molar-refractivity contribution in [2.24, 2.45) is 5.73 Å². The zero-order chi connectivity index (χ0) is 29.2. The third-order valence-electron chi connectivity index (χ3n) is 5.91. The predicted molar refractivity (Wildman–Crippen MR) is 157 cm³/mol. The van der Waals surface area contributed by atoms with Gasteiger partial charge in [-0.1, -0.05) is 42.5 Å². The molecule has 5 N–H and O–H groups in total. The molecule has 220 valence electrons. The lowest BCUT2D eigenvalue weighted by atomic mass is 10.1. The summed E-state index contributed by atoms with van der Waals surface area (Å²) < 4.78 is 31.6. The lowest BCUT2D eigenvalue weighted by Gasteiger charge is -2.23. The monoisotopic (exact) mass is 586 g/mol. The summed E-state index contributed by atoms with van der Waals surface area (Å²) in [5.74, 6) is -1.16. The molecule has 0 saturated carbocycles. The number of hydrogen-bond acceptors (Lipinski definition) is 6. The van der Waals surface area contributed by atoms with Gasteiger partial charge in [-0.3, -0.25) is 15.0 Å². The number of amidine groups is 1. The van der Waals surface area contributed by atoms with Crippen LogP contribution in [0.1, 0.15) is 55.2 Å². The van der Waals surface area contributed by atoms with Crippen LogP contribution in [0.2, 0.25) is 0 Å². The highest BCUT2D eigenvalue weighted by molar-refractivity contribution is 5.95. The molecule has 0 heterocycles. The quantitative estimate of drug-likeness (QED) is 0.171. The predicted octanol–water partition coefficient (Wildman–Crippen LogP) is 4.58. The minimum Gasteiger partial charge on any atom is -0.497 e. The van der Waals surface area contributed by atoms with Crippen LogP contribution in [-0.4, -0.2) is 37.4 Å². The Morgan fingerprint density at radius 1 is 1.00 bits per heavy atom. The van der Waals surface area contributed by atoms with Crippen molar-refractivity contribution in [3.63, 3.8) is 0 Å². The number of nitrogen functional groups attached to an aromatic ring is 1. The maximum atomic E-state index is 14.8. The molecule has 3 rings (SSSR count). The van der Waals surface area contributed by atoms with Gasteiger partial charge in [-0.25, -0.2) is 4.39 Å². The minimum absolute atomic E-state index is 0. The molecule has 0 fully saturated rings. The van der Waals surface area contributed by atoms with Gasteiger partial charge in [0, 0.05) is 47.5 Å². The first-order valence-electron chi connectivity index (χ1n) is 12.9. The van der Waals surface area contributed by atoms with Gasteiger partial charge in [0.15, 0.2) is 6.10 Å². The lowest BCUT2D eigenvalue weighted by molar-refractivity contribution is -0.133. The molecular weight excluding hydrogens is 551 g/mol. The van der Waals surface area contributed by atoms with Gasteiger partial charge in [0.2, 0.25) is 6.10 Å². The highest BCUT2D eigenvalue weighted by Gasteiger charge is 2.27. The van der Waals surface area contributed by atoms with Gasteiger partial charge in [0.25, 0.3) is 11.8 Å². The van der Waals surface area contributed by atoms with E-state index in [1.807, 2.05) is 19.9 Å². The highest BCUT2D eigenvalue weighted by Crippen LogP contribution is 2.29. The maximum absolute atomic E-state index is 14.8. The third kappa shape index (κ3) is 8.92. The Bertz CT molecular complexity index is 1340. The van der Waals surface area contributed by atoms with E-state index in [1.165, 1.54) is 19.2 Å². The zero-order valence-corrected chi connectivity index (χ0v) is 24.2. The standard InChI is InChI=1S/C30H35FN4O5.ClH/c1-5-39-27(23-14-13-22(38-4)16-24(23)31)29(36)34-17-21-12-11-20(28(32)33)15-25(21)40-26(30(37)35-18(2)3)19-9-7-6-8-10-19;/h6-16,18,26-27H,5,17H2,1-4H3,(H3,32,33)(H,34,36)(H,35,37);1H. The third-order valence-corrected chi connectivity index (χ3v) is 5.91. The van der Waals surface area contributed by atoms with Gasteiger partial charge in [-0.2, -0.15) is 0 Å². The van der Waals surface area contributed by atoms with E-state index in [4.69, 9.17) is 25.4 Å². The van der Waals surface area contributed by atoms with Crippen molar-refractivity contribution in [1.82, 2.24) is 10.6 Å². The molecular formula is C30H36ClFN4O5. The van der Waals surface area contributed by atoms with Crippen LogP contribution in [-0.2, 0) is 20.9 Å². The van der Waals surface area contributed by atoms with Crippen molar-refractivity contribution in [3.8, 4) is 11.5 Å². The number of nitrogens with two attached hydrogens (primary N) is 1. The first-order chi connectivity index (χ1) is 19.1. The molecule has 2 atom stereocenters. The molecule has 0 aliphatic carbocycles. The molecule has 11 heteroatoms. The molecule has 0 aliphatic rings. The summed E-state index contributed by atoms with van der Waals surface area (Å²) in [6.07, 6.45) is -2.21. The largest absolute Gasteiger partial charge is 0.497 e. The molecule has 3 aromatic carbocycles. The van der Waals surface area contributed by atoms with Crippen LogP contribution in [0, 0.1) is 11.2 Å². The number of carbonyl (C=O) groups is 2. The van der Waals surface area contributed by atoms with Crippen LogP contribution >= 0.6 is 12.4 Å². The van der Waals surface area contributed by atoms with Crippen LogP contribution < -0.4 is 25.8 Å². The lowest BCUT2D eigenvalue weighted by Crippen LogP contribution is -2.37. The van der Waals surface area contributed by atoms with Crippen molar-refractivity contribution in [1.29, 1.82) is 5.41 Å². The van der Waals surface area contributed by atoms with Gasteiger partial charge in [0.1, 0.15) is 23.2 Å². The summed E-state index contributed by atoms with van der Waals surface area (Å²) >= 11 is 0. The van der Waals surface area contributed by atoms with Crippen LogP contribution in [0.25, 0.3) is 0 Å². The molecule has 0 aliphatic heterocycles. The Morgan fingerprint density at radius 2 is 1.71 bits per heavy atom. The van der Waals surface area contributed by atoms with E-state index in [0.717, 1.165) is 0 Å². The Hall–Kier alpha value is -4.15. The van der Waals surface area contributed by atoms with Crippen molar-refractivity contribution < 1.29 is 28.2 Å². The zero-order valence-electron chi connectivity index (χ0n) is 23.4. The van der Waals surface area contributed by atoms with Crippen LogP contribution in [0.15, 0.2) is 66.7 Å². The van der Waals surface area contributed by atoms with Crippen LogP contribution in [0.4, 0.5) is 4.39 Å². The van der Waals surface area contributed by atoms with E-state index in [0.29, 0.717) is 22.4 Å². The SMILES string of the molecule is CCOC(C(=O)NCc1ccc(C(=N)N)cc1OC(C(=O)NC(C)C)c1ccccc1)c1ccc(OC)cc1F.Cl. The van der Waals surface area contributed by atoms with E-state index in [9.17, 15) is 14.0 Å². The molecule has 41 heavy (non-hydrogen) atoms. The number of rotatable bonds is 13. The average molecular weight is 587 g/mol. The second-order valence-corrected chi connectivity index (χ2v) is 9.25. The molecule has 9 nitrogen and oxygen atoms in total. The van der Waals surface area contributed by atoms with Gasteiger partial charge in [-0.15, -0.1) is 12.4 Å². The molecule has 2 amide bonds. The fourth-order valence-electron chi connectivity index (χ4n) is 3.96. The summed E-state index contributed by atoms with van der Waals surface area (Å²) in [5, 5.41) is 13.5. The molecule has 0 bridgehead atoms. The normalized spacial score (nSPS) is 12.0. The van der Waals surface area contributed by atoms with E-state index in [1.54, 1.807) is 55.5 Å². The Morgan fingerprint density at radius 3 is 2.29 bits per heavy atom. The van der Waals surface area contributed by atoms with E-state index < -0.39 is 23.9 Å². The van der Waals surface area contributed by atoms with Gasteiger partial charge < -0.3 is 30.6 Å². The fourth-order valence-corrected chi connectivity index (χ4v) is 3.96. The number of methoxy groups -OCH3 is 1. The van der Waals surface area contributed by atoms with Gasteiger partial charge in [0.05, 0.1) is 7.11 Å². The number of halogens is 2. The molecule has 2 unspecified atom stereocenters. The van der Waals surface area contributed by atoms with Gasteiger partial charge in [-0.05, 0) is 39.0 Å². The fraction of sp³-hybridized carbons (Fsp3) is 0.300. The smallest absolute Gasteiger partial charge is 0.266 e. The summed E-state index contributed by atoms with van der Waals surface area (Å²) in [5.41, 5.74) is 7.30. The molecule has 0 saturated heterocycles. The summed E-state index contributed by atoms with van der Waals surface area (Å²) in [7, 11) is 1.42. The van der Waals surface area contributed by atoms with E-state index in [2.05, 4.69) is 10.6 Å². The van der Waals surface area contributed by atoms with E-state index in [-0.39, 0.29) is 54.7 Å². The number of hydrogen-bond donors (Lipinski definition) is 4. The average Bonchev–Trinajstić information content (AvgIpc) is 2.93. The Balaban J connectivity index is 0.00000588. The highest BCUT2D eigenvalue weighted by atomic mass is 35.5. The number of ether oxygens (including phenoxy) is 3. The topological polar surface area (TPSA) is 136 Å². The molecule has 3 aromatic rings. The first-order valence-corrected chi connectivity index (χ1v) is 12.9. The molecule has 0 aromatic heterocycles. The molecule has 0 radical (unpaired) electrons. The summed E-state index contributed by atoms with van der Waals surface area (Å²) in [6, 6.07) is 17.9. The summed E-state index contributed by atoms with van der Waals surface area (Å²) in [4.78, 5) is 26.3. The minimum atomic E-state index is -1.20. The van der Waals surface area contributed by atoms with Gasteiger partial charge >= 0.3 is 0 Å². The number of carbonyl (C=O) groups excluding carboxylic acids is 2. The van der Waals surface area contributed by atoms with Crippen LogP contribution in [0.5, 0.6) is 11.5 Å². The Labute approximate surface area is 245 Å². The number of amides is 2. The second kappa shape index (κ2) is 15.6. The number of nitrogens with one attached hydrogen (secondary N) is 3. The second-order valence-electron chi connectivity index (χ2n) is 9.25. The van der Waals surface area contributed by atoms with Crippen molar-refractivity contribution in [3.05, 3.63) is 94.8 Å². The molecule has 0 spiro atoms. The van der Waals surface area contributed by atoms with E-state index >= 15 is 0 Å².